The van der Waals surface area contributed by atoms with Crippen molar-refractivity contribution in [1.29, 1.82) is 0 Å². The van der Waals surface area contributed by atoms with Crippen LogP contribution in [0.3, 0.4) is 0 Å². The maximum Gasteiger partial charge on any atom is 0.405 e. The lowest BCUT2D eigenvalue weighted by Gasteiger charge is -2.09. The molecular weight excluding hydrogens is 359 g/mol. The number of alkyl halides is 3. The highest BCUT2D eigenvalue weighted by Gasteiger charge is 2.27. The fourth-order valence-electron chi connectivity index (χ4n) is 2.38. The minimum Gasteiger partial charge on any atom is -0.346 e. The van der Waals surface area contributed by atoms with E-state index in [-0.39, 0.29) is 18.8 Å². The van der Waals surface area contributed by atoms with E-state index in [2.05, 4.69) is 10.4 Å². The van der Waals surface area contributed by atoms with Gasteiger partial charge in [0.15, 0.2) is 5.82 Å². The number of hydrogen-bond acceptors (Lipinski definition) is 3. The topological polar surface area (TPSA) is 59.0 Å². The molecule has 0 aliphatic rings. The van der Waals surface area contributed by atoms with Crippen molar-refractivity contribution >= 4 is 5.91 Å². The third-order valence-corrected chi connectivity index (χ3v) is 3.65. The Morgan fingerprint density at radius 1 is 1.23 bits per heavy atom. The normalized spacial score (nSPS) is 11.7. The summed E-state index contributed by atoms with van der Waals surface area (Å²) in [5, 5.41) is 8.67. The highest BCUT2D eigenvalue weighted by molar-refractivity contribution is 5.78. The Kier molecular flexibility index (Phi) is 5.96. The molecule has 0 radical (unpaired) electrons. The van der Waals surface area contributed by atoms with E-state index in [1.54, 1.807) is 19.2 Å². The number of aromatic nitrogens is 2. The van der Waals surface area contributed by atoms with E-state index in [1.807, 2.05) is 0 Å². The summed E-state index contributed by atoms with van der Waals surface area (Å²) in [6, 6.07) is 3.11. The van der Waals surface area contributed by atoms with Crippen LogP contribution in [-0.4, -0.2) is 35.0 Å². The molecular formula is C16H17F5N4O. The smallest absolute Gasteiger partial charge is 0.346 e. The van der Waals surface area contributed by atoms with Crippen LogP contribution in [0.2, 0.25) is 0 Å². The van der Waals surface area contributed by atoms with Crippen LogP contribution in [0.15, 0.2) is 18.2 Å². The number of halogens is 5. The predicted octanol–water partition coefficient (Wildman–Crippen LogP) is 2.54. The highest BCUT2D eigenvalue weighted by Crippen LogP contribution is 2.20. The van der Waals surface area contributed by atoms with E-state index in [0.717, 1.165) is 12.1 Å². The molecule has 2 aromatic rings. The number of hydrogen-bond donors (Lipinski definition) is 2. The molecule has 1 aromatic carbocycles. The molecule has 142 valence electrons. The molecule has 5 nitrogen and oxygen atoms in total. The van der Waals surface area contributed by atoms with E-state index in [4.69, 9.17) is 0 Å². The second-order valence-corrected chi connectivity index (χ2v) is 5.65. The van der Waals surface area contributed by atoms with Gasteiger partial charge in [0.05, 0.1) is 12.2 Å². The third-order valence-electron chi connectivity index (χ3n) is 3.65. The number of carbonyl (C=O) groups is 1. The second kappa shape index (κ2) is 7.81. The third kappa shape index (κ3) is 5.01. The van der Waals surface area contributed by atoms with Gasteiger partial charge in [-0.15, -0.1) is 0 Å². The summed E-state index contributed by atoms with van der Waals surface area (Å²) in [7, 11) is 0. The number of carbonyl (C=O) groups excluding carboxylic acids is 1. The number of rotatable bonds is 6. The molecule has 1 amide bonds. The van der Waals surface area contributed by atoms with Crippen LogP contribution in [0.1, 0.15) is 17.0 Å². The van der Waals surface area contributed by atoms with E-state index >= 15 is 0 Å². The predicted molar refractivity (Wildman–Crippen MR) is 83.7 cm³/mol. The van der Waals surface area contributed by atoms with Crippen LogP contribution in [-0.2, 0) is 11.3 Å². The lowest BCUT2D eigenvalue weighted by molar-refractivity contribution is -0.137. The summed E-state index contributed by atoms with van der Waals surface area (Å²) < 4.78 is 64.4. The summed E-state index contributed by atoms with van der Waals surface area (Å²) in [5.74, 6) is -2.28. The van der Waals surface area contributed by atoms with E-state index < -0.39 is 30.3 Å². The van der Waals surface area contributed by atoms with Crippen molar-refractivity contribution in [3.05, 3.63) is 46.8 Å². The van der Waals surface area contributed by atoms with Crippen LogP contribution in [0, 0.1) is 25.5 Å². The average Bonchev–Trinajstić information content (AvgIpc) is 2.80. The molecule has 1 aromatic heterocycles. The first-order valence-electron chi connectivity index (χ1n) is 7.63. The second-order valence-electron chi connectivity index (χ2n) is 5.65. The molecule has 0 saturated carbocycles. The lowest BCUT2D eigenvalue weighted by atomic mass is 10.2. The van der Waals surface area contributed by atoms with Crippen molar-refractivity contribution in [2.75, 3.05) is 13.1 Å². The summed E-state index contributed by atoms with van der Waals surface area (Å²) >= 11 is 0. The van der Waals surface area contributed by atoms with Crippen LogP contribution in [0.5, 0.6) is 0 Å². The minimum absolute atomic E-state index is 0.0705. The Labute approximate surface area is 146 Å². The molecule has 0 unspecified atom stereocenters. The van der Waals surface area contributed by atoms with Crippen LogP contribution in [0.4, 0.5) is 22.0 Å². The molecule has 0 fully saturated rings. The van der Waals surface area contributed by atoms with E-state index in [0.29, 0.717) is 17.0 Å². The van der Waals surface area contributed by atoms with Gasteiger partial charge in [-0.05, 0) is 26.0 Å². The number of benzene rings is 1. The van der Waals surface area contributed by atoms with Gasteiger partial charge in [0.25, 0.3) is 0 Å². The van der Waals surface area contributed by atoms with Gasteiger partial charge in [0.1, 0.15) is 18.0 Å². The molecule has 26 heavy (non-hydrogen) atoms. The first-order valence-corrected chi connectivity index (χ1v) is 7.63. The molecule has 0 bridgehead atoms. The van der Waals surface area contributed by atoms with Gasteiger partial charge < -0.3 is 10.6 Å². The van der Waals surface area contributed by atoms with Gasteiger partial charge >= 0.3 is 6.18 Å². The standard InChI is InChI=1S/C16H17F5N4O/c1-9-12(6-22-7-15(26)23-8-16(19,20)21)10(2)25(24-9)14-4-3-11(17)5-13(14)18/h3-5,22H,6-8H2,1-2H3,(H,23,26). The van der Waals surface area contributed by atoms with Gasteiger partial charge in [-0.3, -0.25) is 4.79 Å². The van der Waals surface area contributed by atoms with Crippen LogP contribution < -0.4 is 10.6 Å². The lowest BCUT2D eigenvalue weighted by Crippen LogP contribution is -2.39. The molecule has 0 spiro atoms. The van der Waals surface area contributed by atoms with Crippen molar-refractivity contribution < 1.29 is 26.7 Å². The molecule has 0 aliphatic heterocycles. The van der Waals surface area contributed by atoms with Gasteiger partial charge in [-0.25, -0.2) is 13.5 Å². The molecule has 1 heterocycles. The Hall–Kier alpha value is -2.49. The van der Waals surface area contributed by atoms with Crippen molar-refractivity contribution in [1.82, 2.24) is 20.4 Å². The number of aryl methyl sites for hydroxylation is 1. The zero-order chi connectivity index (χ0) is 19.5. The number of amides is 1. The Bertz CT molecular complexity index is 801. The summed E-state index contributed by atoms with van der Waals surface area (Å²) in [4.78, 5) is 11.4. The maximum absolute atomic E-state index is 13.9. The van der Waals surface area contributed by atoms with Crippen molar-refractivity contribution in [3.8, 4) is 5.69 Å². The largest absolute Gasteiger partial charge is 0.405 e. The van der Waals surface area contributed by atoms with Crippen LogP contribution in [0.25, 0.3) is 5.69 Å². The number of nitrogens with one attached hydrogen (secondary N) is 2. The van der Waals surface area contributed by atoms with Gasteiger partial charge in [-0.1, -0.05) is 0 Å². The molecule has 0 aliphatic carbocycles. The molecule has 2 N–H and O–H groups in total. The Morgan fingerprint density at radius 3 is 2.54 bits per heavy atom. The Morgan fingerprint density at radius 2 is 1.92 bits per heavy atom. The maximum atomic E-state index is 13.9. The SMILES string of the molecule is Cc1nn(-c2ccc(F)cc2F)c(C)c1CNCC(=O)NCC(F)(F)F. The minimum atomic E-state index is -4.47. The monoisotopic (exact) mass is 376 g/mol. The first-order chi connectivity index (χ1) is 12.1. The Balaban J connectivity index is 2.03. The molecule has 10 heteroatoms. The van der Waals surface area contributed by atoms with Crippen molar-refractivity contribution in [2.45, 2.75) is 26.6 Å². The van der Waals surface area contributed by atoms with Gasteiger partial charge in [0.2, 0.25) is 5.91 Å². The van der Waals surface area contributed by atoms with Gasteiger partial charge in [0, 0.05) is 23.9 Å². The fraction of sp³-hybridized carbons (Fsp3) is 0.375. The molecule has 2 rings (SSSR count). The molecule has 0 saturated heterocycles. The summed E-state index contributed by atoms with van der Waals surface area (Å²) in [6.07, 6.45) is -4.47. The zero-order valence-electron chi connectivity index (χ0n) is 14.0. The quantitative estimate of drug-likeness (QED) is 0.762. The number of nitrogens with zero attached hydrogens (tertiary/aromatic N) is 2. The summed E-state index contributed by atoms with van der Waals surface area (Å²) in [5.41, 5.74) is 1.85. The highest BCUT2D eigenvalue weighted by atomic mass is 19.4. The van der Waals surface area contributed by atoms with Crippen LogP contribution >= 0.6 is 0 Å². The average molecular weight is 376 g/mol. The van der Waals surface area contributed by atoms with E-state index in [9.17, 15) is 26.7 Å². The fourth-order valence-corrected chi connectivity index (χ4v) is 2.38. The van der Waals surface area contributed by atoms with E-state index in [1.165, 1.54) is 10.7 Å². The van der Waals surface area contributed by atoms with Crippen molar-refractivity contribution in [3.63, 3.8) is 0 Å². The summed E-state index contributed by atoms with van der Waals surface area (Å²) in [6.45, 7) is 1.79. The van der Waals surface area contributed by atoms with Gasteiger partial charge in [-0.2, -0.15) is 18.3 Å². The van der Waals surface area contributed by atoms with Crippen molar-refractivity contribution in [2.24, 2.45) is 0 Å². The first kappa shape index (κ1) is 19.8. The zero-order valence-corrected chi connectivity index (χ0v) is 14.0. The molecule has 0 atom stereocenters.